The molecule has 2 aromatic rings. The molecule has 0 fully saturated rings. The summed E-state index contributed by atoms with van der Waals surface area (Å²) in [6.45, 7) is 9.59. The zero-order valence-corrected chi connectivity index (χ0v) is 15.5. The molecule has 1 heterocycles. The fraction of sp³-hybridized carbons (Fsp3) is 0.529. The first-order valence-electron chi connectivity index (χ1n) is 7.96. The number of benzene rings is 1. The van der Waals surface area contributed by atoms with Gasteiger partial charge in [0.05, 0.1) is 10.9 Å². The van der Waals surface area contributed by atoms with Gasteiger partial charge in [-0.2, -0.15) is 0 Å². The number of nitrogens with zero attached hydrogens (tertiary/aromatic N) is 2. The quantitative estimate of drug-likeness (QED) is 0.863. The fourth-order valence-electron chi connectivity index (χ4n) is 1.95. The lowest BCUT2D eigenvalue weighted by molar-refractivity contribution is 0.384. The number of nitrogens with one attached hydrogen (secondary N) is 1. The Bertz CT molecular complexity index is 659. The molecule has 0 saturated heterocycles. The van der Waals surface area contributed by atoms with Gasteiger partial charge in [-0.3, -0.25) is 9.36 Å². The van der Waals surface area contributed by atoms with E-state index in [0.29, 0.717) is 16.7 Å². The number of aromatic nitrogens is 2. The second kappa shape index (κ2) is 11.2. The van der Waals surface area contributed by atoms with E-state index in [4.69, 9.17) is 12.2 Å². The third-order valence-corrected chi connectivity index (χ3v) is 3.20. The molecule has 0 saturated carbocycles. The van der Waals surface area contributed by atoms with Crippen molar-refractivity contribution in [2.45, 2.75) is 40.7 Å². The van der Waals surface area contributed by atoms with Crippen molar-refractivity contribution in [3.63, 3.8) is 0 Å². The number of fused-ring (bicyclic) bond motifs is 1. The average Bonchev–Trinajstić information content (AvgIpc) is 2.54. The van der Waals surface area contributed by atoms with Crippen molar-refractivity contribution in [1.82, 2.24) is 14.5 Å². The highest BCUT2D eigenvalue weighted by Gasteiger charge is 2.04. The van der Waals surface area contributed by atoms with Crippen LogP contribution >= 0.6 is 12.2 Å². The molecule has 22 heavy (non-hydrogen) atoms. The summed E-state index contributed by atoms with van der Waals surface area (Å²) in [5.41, 5.74) is 0.796. The maximum Gasteiger partial charge on any atom is 0.262 e. The van der Waals surface area contributed by atoms with E-state index < -0.39 is 0 Å². The molecule has 1 N–H and O–H groups in total. The van der Waals surface area contributed by atoms with E-state index in [0.717, 1.165) is 18.5 Å². The SMILES string of the molecule is CC.CC.CN(C)CCCn1c(=S)[nH]c2ccccc2c1=O. The Morgan fingerprint density at radius 3 is 2.32 bits per heavy atom. The van der Waals surface area contributed by atoms with Crippen molar-refractivity contribution in [3.05, 3.63) is 39.4 Å². The maximum atomic E-state index is 12.3. The van der Waals surface area contributed by atoms with Crippen molar-refractivity contribution < 1.29 is 0 Å². The number of aromatic amines is 1. The van der Waals surface area contributed by atoms with Gasteiger partial charge in [0, 0.05) is 6.54 Å². The maximum absolute atomic E-state index is 12.3. The van der Waals surface area contributed by atoms with Gasteiger partial charge in [-0.25, -0.2) is 0 Å². The van der Waals surface area contributed by atoms with Gasteiger partial charge in [-0.05, 0) is 51.4 Å². The van der Waals surface area contributed by atoms with Gasteiger partial charge in [0.15, 0.2) is 4.77 Å². The molecule has 0 atom stereocenters. The van der Waals surface area contributed by atoms with Crippen LogP contribution < -0.4 is 5.56 Å². The number of hydrogen-bond acceptors (Lipinski definition) is 3. The molecule has 0 unspecified atom stereocenters. The summed E-state index contributed by atoms with van der Waals surface area (Å²) in [6, 6.07) is 7.45. The van der Waals surface area contributed by atoms with Gasteiger partial charge in [0.2, 0.25) is 0 Å². The molecule has 0 aliphatic rings. The Kier molecular flexibility index (Phi) is 10.4. The zero-order chi connectivity index (χ0) is 17.1. The van der Waals surface area contributed by atoms with E-state index in [1.54, 1.807) is 4.57 Å². The van der Waals surface area contributed by atoms with Crippen molar-refractivity contribution in [3.8, 4) is 0 Å². The van der Waals surface area contributed by atoms with Crippen LogP contribution in [-0.2, 0) is 6.54 Å². The molecule has 0 aliphatic heterocycles. The highest BCUT2D eigenvalue weighted by Crippen LogP contribution is 2.06. The van der Waals surface area contributed by atoms with Crippen LogP contribution in [0.4, 0.5) is 0 Å². The monoisotopic (exact) mass is 323 g/mol. The third kappa shape index (κ3) is 5.73. The lowest BCUT2D eigenvalue weighted by atomic mass is 10.2. The molecular formula is C17H29N3OS. The molecule has 1 aromatic carbocycles. The Morgan fingerprint density at radius 2 is 1.73 bits per heavy atom. The van der Waals surface area contributed by atoms with Crippen molar-refractivity contribution in [2.24, 2.45) is 0 Å². The molecule has 0 amide bonds. The second-order valence-corrected chi connectivity index (χ2v) is 4.98. The van der Waals surface area contributed by atoms with Gasteiger partial charge in [-0.15, -0.1) is 0 Å². The minimum Gasteiger partial charge on any atom is -0.332 e. The average molecular weight is 324 g/mol. The van der Waals surface area contributed by atoms with E-state index in [9.17, 15) is 4.79 Å². The van der Waals surface area contributed by atoms with Crippen LogP contribution in [0.15, 0.2) is 29.1 Å². The van der Waals surface area contributed by atoms with Crippen molar-refractivity contribution in [1.29, 1.82) is 0 Å². The fourth-order valence-corrected chi connectivity index (χ4v) is 2.23. The number of para-hydroxylation sites is 1. The first-order valence-corrected chi connectivity index (χ1v) is 8.37. The normalized spacial score (nSPS) is 9.77. The lowest BCUT2D eigenvalue weighted by Gasteiger charge is -2.11. The van der Waals surface area contributed by atoms with E-state index in [1.165, 1.54) is 0 Å². The Labute approximate surface area is 138 Å². The zero-order valence-electron chi connectivity index (χ0n) is 14.6. The lowest BCUT2D eigenvalue weighted by Crippen LogP contribution is -2.24. The highest BCUT2D eigenvalue weighted by atomic mass is 32.1. The van der Waals surface area contributed by atoms with Gasteiger partial charge in [-0.1, -0.05) is 39.8 Å². The van der Waals surface area contributed by atoms with Gasteiger partial charge >= 0.3 is 0 Å². The van der Waals surface area contributed by atoms with Crippen LogP contribution in [0.5, 0.6) is 0 Å². The smallest absolute Gasteiger partial charge is 0.262 e. The Balaban J connectivity index is 0.00000102. The standard InChI is InChI=1S/C13H17N3OS.2C2H6/c1-15(2)8-5-9-16-12(17)10-6-3-4-7-11(10)14-13(16)18;2*1-2/h3-4,6-7H,5,8-9H2,1-2H3,(H,14,18);2*1-2H3. The summed E-state index contributed by atoms with van der Waals surface area (Å²) >= 11 is 5.24. The minimum atomic E-state index is -0.00638. The predicted octanol–water partition coefficient (Wildman–Crippen LogP) is 4.06. The van der Waals surface area contributed by atoms with Gasteiger partial charge in [0.1, 0.15) is 0 Å². The van der Waals surface area contributed by atoms with Crippen LogP contribution in [0.25, 0.3) is 10.9 Å². The number of H-pyrrole nitrogens is 1. The molecule has 0 bridgehead atoms. The molecule has 5 heteroatoms. The Hall–Kier alpha value is -1.46. The largest absolute Gasteiger partial charge is 0.332 e. The minimum absolute atomic E-state index is 0.00638. The highest BCUT2D eigenvalue weighted by molar-refractivity contribution is 7.71. The summed E-state index contributed by atoms with van der Waals surface area (Å²) in [4.78, 5) is 17.5. The van der Waals surface area contributed by atoms with E-state index in [1.807, 2.05) is 66.1 Å². The molecule has 124 valence electrons. The van der Waals surface area contributed by atoms with E-state index >= 15 is 0 Å². The topological polar surface area (TPSA) is 41.0 Å². The number of hydrogen-bond donors (Lipinski definition) is 1. The van der Waals surface area contributed by atoms with Crippen LogP contribution in [-0.4, -0.2) is 35.1 Å². The van der Waals surface area contributed by atoms with Crippen molar-refractivity contribution >= 4 is 23.1 Å². The van der Waals surface area contributed by atoms with E-state index in [2.05, 4.69) is 9.88 Å². The Morgan fingerprint density at radius 1 is 1.14 bits per heavy atom. The summed E-state index contributed by atoms with van der Waals surface area (Å²) in [5.74, 6) is 0. The third-order valence-electron chi connectivity index (χ3n) is 2.88. The molecule has 0 aliphatic carbocycles. The van der Waals surface area contributed by atoms with Crippen LogP contribution in [0.2, 0.25) is 0 Å². The van der Waals surface area contributed by atoms with Crippen LogP contribution in [0.3, 0.4) is 0 Å². The van der Waals surface area contributed by atoms with Crippen LogP contribution in [0, 0.1) is 4.77 Å². The molecular weight excluding hydrogens is 294 g/mol. The van der Waals surface area contributed by atoms with E-state index in [-0.39, 0.29) is 5.56 Å². The summed E-state index contributed by atoms with van der Waals surface area (Å²) in [5, 5.41) is 0.691. The second-order valence-electron chi connectivity index (χ2n) is 4.59. The first kappa shape index (κ1) is 20.5. The van der Waals surface area contributed by atoms with Crippen molar-refractivity contribution in [2.75, 3.05) is 20.6 Å². The summed E-state index contributed by atoms with van der Waals surface area (Å²) in [7, 11) is 4.04. The molecule has 1 aromatic heterocycles. The van der Waals surface area contributed by atoms with Gasteiger partial charge < -0.3 is 9.88 Å². The predicted molar refractivity (Wildman–Crippen MR) is 99.3 cm³/mol. The molecule has 4 nitrogen and oxygen atoms in total. The van der Waals surface area contributed by atoms with Crippen LogP contribution in [0.1, 0.15) is 34.1 Å². The molecule has 0 spiro atoms. The first-order chi connectivity index (χ1) is 10.6. The summed E-state index contributed by atoms with van der Waals surface area (Å²) < 4.78 is 2.14. The summed E-state index contributed by atoms with van der Waals surface area (Å²) in [6.07, 6.45) is 0.905. The van der Waals surface area contributed by atoms with Gasteiger partial charge in [0.25, 0.3) is 5.56 Å². The molecule has 2 rings (SSSR count). The number of rotatable bonds is 4. The molecule has 0 radical (unpaired) electrons.